The van der Waals surface area contributed by atoms with Crippen LogP contribution in [0.2, 0.25) is 5.02 Å². The molecule has 3 rings (SSSR count). The second kappa shape index (κ2) is 6.08. The van der Waals surface area contributed by atoms with Gasteiger partial charge < -0.3 is 10.1 Å². The molecule has 3 heteroatoms. The van der Waals surface area contributed by atoms with Crippen molar-refractivity contribution in [3.63, 3.8) is 0 Å². The van der Waals surface area contributed by atoms with Gasteiger partial charge in [-0.25, -0.2) is 0 Å². The molecule has 2 aromatic carbocycles. The van der Waals surface area contributed by atoms with Crippen molar-refractivity contribution in [2.45, 2.75) is 32.9 Å². The summed E-state index contributed by atoms with van der Waals surface area (Å²) in [4.78, 5) is 0. The molecule has 1 aliphatic heterocycles. The Morgan fingerprint density at radius 3 is 2.81 bits per heavy atom. The number of rotatable bonds is 4. The largest absolute Gasteiger partial charge is 0.492 e. The summed E-state index contributed by atoms with van der Waals surface area (Å²) in [5.74, 6) is 0.993. The number of hydrogen-bond donors (Lipinski definition) is 1. The normalized spacial score (nSPS) is 13.3. The molecule has 2 nitrogen and oxygen atoms in total. The molecular weight excluding hydrogens is 282 g/mol. The lowest BCUT2D eigenvalue weighted by molar-refractivity contribution is 0.358. The van der Waals surface area contributed by atoms with Gasteiger partial charge in [0.15, 0.2) is 0 Å². The number of halogens is 1. The highest BCUT2D eigenvalue weighted by atomic mass is 35.5. The maximum absolute atomic E-state index is 6.50. The predicted octanol–water partition coefficient (Wildman–Crippen LogP) is 4.44. The number of benzene rings is 2. The summed E-state index contributed by atoms with van der Waals surface area (Å²) >= 11 is 6.50. The fraction of sp³-hybridized carbons (Fsp3) is 0.333. The van der Waals surface area contributed by atoms with E-state index in [1.807, 2.05) is 6.07 Å². The Labute approximate surface area is 131 Å². The molecule has 110 valence electrons. The predicted molar refractivity (Wildman–Crippen MR) is 88.1 cm³/mol. The van der Waals surface area contributed by atoms with Crippen LogP contribution in [-0.4, -0.2) is 12.6 Å². The van der Waals surface area contributed by atoms with E-state index in [0.717, 1.165) is 41.5 Å². The minimum absolute atomic E-state index is 0.467. The summed E-state index contributed by atoms with van der Waals surface area (Å²) in [5.41, 5.74) is 4.61. The van der Waals surface area contributed by atoms with Crippen molar-refractivity contribution in [3.8, 4) is 16.9 Å². The Kier molecular flexibility index (Phi) is 4.18. The maximum Gasteiger partial charge on any atom is 0.130 e. The van der Waals surface area contributed by atoms with E-state index in [1.165, 1.54) is 11.1 Å². The Balaban J connectivity index is 1.92. The highest BCUT2D eigenvalue weighted by molar-refractivity contribution is 6.33. The molecular formula is C18H20ClNO. The van der Waals surface area contributed by atoms with Gasteiger partial charge in [-0.05, 0) is 17.2 Å². The van der Waals surface area contributed by atoms with Gasteiger partial charge in [0.1, 0.15) is 5.75 Å². The molecule has 0 unspecified atom stereocenters. The molecule has 0 fully saturated rings. The van der Waals surface area contributed by atoms with Crippen LogP contribution in [0.5, 0.6) is 5.75 Å². The lowest BCUT2D eigenvalue weighted by Gasteiger charge is -2.12. The van der Waals surface area contributed by atoms with E-state index in [1.54, 1.807) is 0 Å². The van der Waals surface area contributed by atoms with Crippen molar-refractivity contribution in [3.05, 3.63) is 52.5 Å². The molecule has 1 N–H and O–H groups in total. The smallest absolute Gasteiger partial charge is 0.130 e. The summed E-state index contributed by atoms with van der Waals surface area (Å²) in [6.07, 6.45) is 0.983. The number of ether oxygens (including phenoxy) is 1. The van der Waals surface area contributed by atoms with Crippen molar-refractivity contribution >= 4 is 11.6 Å². The number of hydrogen-bond acceptors (Lipinski definition) is 2. The molecule has 0 spiro atoms. The van der Waals surface area contributed by atoms with Crippen molar-refractivity contribution in [1.82, 2.24) is 5.32 Å². The van der Waals surface area contributed by atoms with Gasteiger partial charge in [-0.3, -0.25) is 0 Å². The zero-order valence-corrected chi connectivity index (χ0v) is 13.2. The van der Waals surface area contributed by atoms with Crippen LogP contribution in [0.3, 0.4) is 0 Å². The Morgan fingerprint density at radius 2 is 2.05 bits per heavy atom. The minimum atomic E-state index is 0.467. The molecule has 0 atom stereocenters. The molecule has 2 aromatic rings. The topological polar surface area (TPSA) is 21.3 Å². The minimum Gasteiger partial charge on any atom is -0.492 e. The van der Waals surface area contributed by atoms with E-state index in [-0.39, 0.29) is 0 Å². The highest BCUT2D eigenvalue weighted by Crippen LogP contribution is 2.39. The van der Waals surface area contributed by atoms with Crippen LogP contribution in [0.25, 0.3) is 11.1 Å². The van der Waals surface area contributed by atoms with E-state index >= 15 is 0 Å². The van der Waals surface area contributed by atoms with Gasteiger partial charge in [0.2, 0.25) is 0 Å². The van der Waals surface area contributed by atoms with Gasteiger partial charge in [0, 0.05) is 35.2 Å². The standard InChI is InChI=1S/C18H20ClNO/c1-12(2)20-11-13-6-7-15(17(19)10-13)16-5-3-4-14-8-9-21-18(14)16/h3-7,10,12,20H,8-9,11H2,1-2H3. The zero-order valence-electron chi connectivity index (χ0n) is 12.4. The summed E-state index contributed by atoms with van der Waals surface area (Å²) in [6.45, 7) is 5.88. The van der Waals surface area contributed by atoms with Crippen molar-refractivity contribution in [1.29, 1.82) is 0 Å². The van der Waals surface area contributed by atoms with E-state index in [9.17, 15) is 0 Å². The first kappa shape index (κ1) is 14.4. The fourth-order valence-corrected chi connectivity index (χ4v) is 2.94. The van der Waals surface area contributed by atoms with Crippen LogP contribution < -0.4 is 10.1 Å². The van der Waals surface area contributed by atoms with Gasteiger partial charge in [0.25, 0.3) is 0 Å². The second-order valence-electron chi connectivity index (χ2n) is 5.74. The first-order valence-electron chi connectivity index (χ1n) is 7.42. The number of nitrogens with one attached hydrogen (secondary N) is 1. The molecule has 0 amide bonds. The third-order valence-corrected chi connectivity index (χ3v) is 4.07. The van der Waals surface area contributed by atoms with Crippen LogP contribution in [-0.2, 0) is 13.0 Å². The first-order valence-corrected chi connectivity index (χ1v) is 7.80. The van der Waals surface area contributed by atoms with Gasteiger partial charge in [-0.15, -0.1) is 0 Å². The third kappa shape index (κ3) is 3.07. The van der Waals surface area contributed by atoms with Crippen LogP contribution in [0.15, 0.2) is 36.4 Å². The van der Waals surface area contributed by atoms with Crippen molar-refractivity contribution < 1.29 is 4.74 Å². The van der Waals surface area contributed by atoms with Crippen LogP contribution in [0, 0.1) is 0 Å². The molecule has 1 heterocycles. The molecule has 21 heavy (non-hydrogen) atoms. The monoisotopic (exact) mass is 301 g/mol. The van der Waals surface area contributed by atoms with E-state index in [2.05, 4.69) is 49.5 Å². The summed E-state index contributed by atoms with van der Waals surface area (Å²) in [5, 5.41) is 4.19. The van der Waals surface area contributed by atoms with Crippen molar-refractivity contribution in [2.24, 2.45) is 0 Å². The van der Waals surface area contributed by atoms with E-state index in [4.69, 9.17) is 16.3 Å². The average molecular weight is 302 g/mol. The highest BCUT2D eigenvalue weighted by Gasteiger charge is 2.18. The third-order valence-electron chi connectivity index (χ3n) is 3.75. The first-order chi connectivity index (χ1) is 10.1. The molecule has 0 radical (unpaired) electrons. The average Bonchev–Trinajstić information content (AvgIpc) is 2.94. The van der Waals surface area contributed by atoms with Gasteiger partial charge in [-0.1, -0.05) is 55.8 Å². The fourth-order valence-electron chi connectivity index (χ4n) is 2.64. The number of fused-ring (bicyclic) bond motifs is 1. The SMILES string of the molecule is CC(C)NCc1ccc(-c2cccc3c2OCC3)c(Cl)c1. The summed E-state index contributed by atoms with van der Waals surface area (Å²) in [7, 11) is 0. The quantitative estimate of drug-likeness (QED) is 0.901. The van der Waals surface area contributed by atoms with Gasteiger partial charge in [0.05, 0.1) is 6.61 Å². The lowest BCUT2D eigenvalue weighted by atomic mass is 10.00. The van der Waals surface area contributed by atoms with E-state index in [0.29, 0.717) is 6.04 Å². The van der Waals surface area contributed by atoms with Crippen LogP contribution in [0.4, 0.5) is 0 Å². The van der Waals surface area contributed by atoms with Gasteiger partial charge in [-0.2, -0.15) is 0 Å². The maximum atomic E-state index is 6.50. The summed E-state index contributed by atoms with van der Waals surface area (Å²) in [6, 6.07) is 13.0. The second-order valence-corrected chi connectivity index (χ2v) is 6.15. The van der Waals surface area contributed by atoms with Crippen LogP contribution in [0.1, 0.15) is 25.0 Å². The Hall–Kier alpha value is -1.51. The van der Waals surface area contributed by atoms with Crippen molar-refractivity contribution in [2.75, 3.05) is 6.61 Å². The molecule has 0 saturated heterocycles. The molecule has 0 bridgehead atoms. The molecule has 0 aromatic heterocycles. The van der Waals surface area contributed by atoms with Crippen LogP contribution >= 0.6 is 11.6 Å². The summed E-state index contributed by atoms with van der Waals surface area (Å²) < 4.78 is 5.78. The number of para-hydroxylation sites is 1. The van der Waals surface area contributed by atoms with Gasteiger partial charge >= 0.3 is 0 Å². The van der Waals surface area contributed by atoms with E-state index < -0.39 is 0 Å². The molecule has 1 aliphatic rings. The lowest BCUT2D eigenvalue weighted by Crippen LogP contribution is -2.21. The molecule has 0 aliphatic carbocycles. The zero-order chi connectivity index (χ0) is 14.8. The molecule has 0 saturated carbocycles. The Morgan fingerprint density at radius 1 is 1.19 bits per heavy atom. The Bertz CT molecular complexity index is 652.